The number of allylic oxidation sites excluding steroid dienone is 19. The Balaban J connectivity index is 5.21. The van der Waals surface area contributed by atoms with E-state index in [1.165, 1.54) is 64.2 Å². The van der Waals surface area contributed by atoms with Gasteiger partial charge < -0.3 is 28.5 Å². The summed E-state index contributed by atoms with van der Waals surface area (Å²) in [6.07, 6.45) is 77.4. The van der Waals surface area contributed by atoms with Gasteiger partial charge in [-0.05, 0) is 102 Å². The number of phosphoric acid groups is 1. The smallest absolute Gasteiger partial charge is 0.306 e. The highest BCUT2D eigenvalue weighted by Crippen LogP contribution is 2.38. The van der Waals surface area contributed by atoms with Crippen molar-refractivity contribution in [2.75, 3.05) is 40.9 Å². The van der Waals surface area contributed by atoms with E-state index in [2.05, 4.69) is 135 Å². The molecular weight excluding hydrogens is 976 g/mol. The first-order chi connectivity index (χ1) is 37.4. The zero-order valence-corrected chi connectivity index (χ0v) is 51.0. The number of nitrogens with one attached hydrogen (secondary N) is 1. The molecule has 0 aliphatic carbocycles. The summed E-state index contributed by atoms with van der Waals surface area (Å²) in [5.41, 5.74) is 0. The van der Waals surface area contributed by atoms with Crippen LogP contribution >= 0.6 is 7.82 Å². The molecule has 0 aliphatic heterocycles. The minimum absolute atomic E-state index is 0.0343. The van der Waals surface area contributed by atoms with Crippen molar-refractivity contribution >= 4 is 19.7 Å². The lowest BCUT2D eigenvalue weighted by Gasteiger charge is -2.30. The van der Waals surface area contributed by atoms with Crippen LogP contribution in [0.25, 0.3) is 0 Å². The van der Waals surface area contributed by atoms with Crippen LogP contribution in [0.15, 0.2) is 122 Å². The molecule has 0 radical (unpaired) electrons. The summed E-state index contributed by atoms with van der Waals surface area (Å²) in [7, 11) is 1.15. The molecule has 0 bridgehead atoms. The molecule has 0 saturated carbocycles. The first-order valence-corrected chi connectivity index (χ1v) is 32.3. The van der Waals surface area contributed by atoms with Gasteiger partial charge in [-0.2, -0.15) is 0 Å². The molecule has 3 unspecified atom stereocenters. The molecule has 10 heteroatoms. The van der Waals surface area contributed by atoms with Gasteiger partial charge in [0.25, 0.3) is 7.82 Å². The molecule has 1 N–H and O–H groups in total. The monoisotopic (exact) mass is 1090 g/mol. The Kier molecular flexibility index (Phi) is 53.1. The summed E-state index contributed by atoms with van der Waals surface area (Å²) in [6.45, 7) is 6.55. The number of ether oxygens (including phenoxy) is 1. The van der Waals surface area contributed by atoms with Crippen molar-refractivity contribution in [2.45, 2.75) is 251 Å². The second-order valence-corrected chi connectivity index (χ2v) is 22.9. The van der Waals surface area contributed by atoms with Crippen LogP contribution in [0, 0.1) is 0 Å². The highest BCUT2D eigenvalue weighted by molar-refractivity contribution is 7.45. The fraction of sp³-hybridized carbons (Fsp3) is 0.672. The number of unbranched alkanes of at least 4 members (excludes halogenated alkanes) is 22. The molecule has 0 aromatic carbocycles. The summed E-state index contributed by atoms with van der Waals surface area (Å²) >= 11 is 0. The Morgan fingerprint density at radius 3 is 1.39 bits per heavy atom. The Morgan fingerprint density at radius 2 is 0.896 bits per heavy atom. The van der Waals surface area contributed by atoms with Gasteiger partial charge in [0.2, 0.25) is 5.91 Å². The van der Waals surface area contributed by atoms with E-state index in [4.69, 9.17) is 13.8 Å². The van der Waals surface area contributed by atoms with Gasteiger partial charge in [0.15, 0.2) is 0 Å². The Labute approximate surface area is 473 Å². The van der Waals surface area contributed by atoms with E-state index in [1.807, 2.05) is 33.3 Å². The van der Waals surface area contributed by atoms with Crippen LogP contribution in [0.4, 0.5) is 0 Å². The van der Waals surface area contributed by atoms with Crippen molar-refractivity contribution in [3.63, 3.8) is 0 Å². The van der Waals surface area contributed by atoms with E-state index < -0.39 is 26.6 Å². The van der Waals surface area contributed by atoms with Crippen LogP contribution < -0.4 is 10.2 Å². The molecule has 77 heavy (non-hydrogen) atoms. The maximum Gasteiger partial charge on any atom is 0.306 e. The molecule has 0 saturated heterocycles. The molecule has 0 heterocycles. The number of amides is 1. The largest absolute Gasteiger partial charge is 0.756 e. The van der Waals surface area contributed by atoms with Crippen molar-refractivity contribution in [1.82, 2.24) is 5.32 Å². The molecule has 0 rings (SSSR count). The number of esters is 1. The number of hydrogen-bond donors (Lipinski definition) is 1. The summed E-state index contributed by atoms with van der Waals surface area (Å²) in [6, 6.07) is -0.909. The van der Waals surface area contributed by atoms with Gasteiger partial charge in [0, 0.05) is 12.8 Å². The zero-order valence-electron chi connectivity index (χ0n) is 50.1. The second kappa shape index (κ2) is 55.7. The van der Waals surface area contributed by atoms with Gasteiger partial charge in [-0.3, -0.25) is 14.2 Å². The third-order valence-corrected chi connectivity index (χ3v) is 13.9. The van der Waals surface area contributed by atoms with Crippen molar-refractivity contribution in [2.24, 2.45) is 0 Å². The molecule has 0 aromatic heterocycles. The number of hydrogen-bond acceptors (Lipinski definition) is 7. The molecular formula is C67H115N2O7P. The van der Waals surface area contributed by atoms with Crippen LogP contribution in [0.3, 0.4) is 0 Å². The number of quaternary nitrogens is 1. The molecule has 440 valence electrons. The lowest BCUT2D eigenvalue weighted by molar-refractivity contribution is -0.870. The van der Waals surface area contributed by atoms with Gasteiger partial charge in [-0.1, -0.05) is 245 Å². The lowest BCUT2D eigenvalue weighted by Crippen LogP contribution is -2.47. The third-order valence-electron chi connectivity index (χ3n) is 12.9. The van der Waals surface area contributed by atoms with Gasteiger partial charge >= 0.3 is 5.97 Å². The molecule has 1 amide bonds. The second-order valence-electron chi connectivity index (χ2n) is 21.5. The maximum atomic E-state index is 13.5. The van der Waals surface area contributed by atoms with Crippen LogP contribution in [-0.2, 0) is 27.9 Å². The minimum atomic E-state index is -4.71. The van der Waals surface area contributed by atoms with Gasteiger partial charge in [0.05, 0.1) is 33.8 Å². The maximum absolute atomic E-state index is 13.5. The first kappa shape index (κ1) is 73.4. The highest BCUT2D eigenvalue weighted by Gasteiger charge is 2.27. The standard InChI is InChI=1S/C67H115N2O7P/c1-7-10-13-16-19-22-25-27-29-30-31-32-33-34-35-36-37-38-40-41-44-47-50-53-56-59-66(70)68-64(63-75-77(72,73)74-62-61-69(4,5)6)65(58-55-52-49-46-43-24-21-18-15-12-9-3)76-67(71)60-57-54-51-48-45-42-39-28-26-23-20-17-14-11-8-2/h10-11,13-14,17,19-20,22-23,26-27,29,31-32,34-35,37-38,55,58,64-65H,7-9,12,15-16,18,21,24-25,28,30,33,36,39-54,56-57,59-63H2,1-6H3,(H-,68,70,72,73)/b13-10-,14-11+,20-17+,22-19-,26-23+,29-27-,32-31-,35-34-,38-37-,58-55-. The molecule has 3 atom stereocenters. The molecule has 9 nitrogen and oxygen atoms in total. The predicted octanol–water partition coefficient (Wildman–Crippen LogP) is 18.5. The van der Waals surface area contributed by atoms with E-state index in [9.17, 15) is 19.0 Å². The average Bonchev–Trinajstić information content (AvgIpc) is 3.39. The number of carbonyl (C=O) groups excluding carboxylic acids is 2. The van der Waals surface area contributed by atoms with E-state index >= 15 is 0 Å². The first-order valence-electron chi connectivity index (χ1n) is 30.9. The Bertz CT molecular complexity index is 1730. The van der Waals surface area contributed by atoms with E-state index in [0.29, 0.717) is 23.9 Å². The number of phosphoric ester groups is 1. The van der Waals surface area contributed by atoms with E-state index in [1.54, 1.807) is 0 Å². The summed E-state index contributed by atoms with van der Waals surface area (Å²) in [5.74, 6) is -0.581. The van der Waals surface area contributed by atoms with E-state index in [-0.39, 0.29) is 31.3 Å². The van der Waals surface area contributed by atoms with Crippen molar-refractivity contribution in [1.29, 1.82) is 0 Å². The zero-order chi connectivity index (χ0) is 56.4. The minimum Gasteiger partial charge on any atom is -0.756 e. The van der Waals surface area contributed by atoms with Gasteiger partial charge in [-0.25, -0.2) is 0 Å². The molecule has 0 aliphatic rings. The number of nitrogens with zero attached hydrogens (tertiary/aromatic N) is 1. The topological polar surface area (TPSA) is 114 Å². The summed E-state index contributed by atoms with van der Waals surface area (Å²) < 4.78 is 30.3. The highest BCUT2D eigenvalue weighted by atomic mass is 31.2. The summed E-state index contributed by atoms with van der Waals surface area (Å²) in [5, 5.41) is 3.01. The SMILES string of the molecule is CC/C=C\C/C=C\C/C=C\C/C=C\C/C=C\C/C=C\CCCCCCCCC(=O)NC(COP(=O)([O-])OCC[N+](C)(C)C)C(/C=C\CCCCCCCCCCC)OC(=O)CCCCCCCCC/C=C/C=C/C=C/CC. The predicted molar refractivity (Wildman–Crippen MR) is 330 cm³/mol. The lowest BCUT2D eigenvalue weighted by atomic mass is 10.1. The molecule has 0 aromatic rings. The van der Waals surface area contributed by atoms with Crippen molar-refractivity contribution < 1.29 is 37.3 Å². The van der Waals surface area contributed by atoms with Crippen molar-refractivity contribution in [3.05, 3.63) is 122 Å². The van der Waals surface area contributed by atoms with Crippen LogP contribution in [0.5, 0.6) is 0 Å². The summed E-state index contributed by atoms with van der Waals surface area (Å²) in [4.78, 5) is 39.9. The molecule has 0 spiro atoms. The van der Waals surface area contributed by atoms with Crippen LogP contribution in [0.2, 0.25) is 0 Å². The Morgan fingerprint density at radius 1 is 0.481 bits per heavy atom. The van der Waals surface area contributed by atoms with Crippen molar-refractivity contribution in [3.8, 4) is 0 Å². The fourth-order valence-electron chi connectivity index (χ4n) is 8.23. The quantitative estimate of drug-likeness (QED) is 0.0161. The molecule has 0 fully saturated rings. The fourth-order valence-corrected chi connectivity index (χ4v) is 8.95. The number of rotatable bonds is 54. The van der Waals surface area contributed by atoms with E-state index in [0.717, 1.165) is 128 Å². The van der Waals surface area contributed by atoms with Gasteiger partial charge in [0.1, 0.15) is 19.3 Å². The normalized spacial score (nSPS) is 14.5. The van der Waals surface area contributed by atoms with Crippen LogP contribution in [0.1, 0.15) is 239 Å². The third kappa shape index (κ3) is 56.9. The average molecular weight is 1090 g/mol. The van der Waals surface area contributed by atoms with Gasteiger partial charge in [-0.15, -0.1) is 0 Å². The Hall–Kier alpha value is -3.59. The number of likely N-dealkylation sites (N-methyl/N-ethyl adjacent to an activating group) is 1. The number of carbonyl (C=O) groups is 2. The van der Waals surface area contributed by atoms with Crippen LogP contribution in [-0.4, -0.2) is 69.4 Å².